The molecule has 0 radical (unpaired) electrons. The van der Waals surface area contributed by atoms with Crippen molar-refractivity contribution in [1.82, 2.24) is 30.0 Å². The van der Waals surface area contributed by atoms with Gasteiger partial charge < -0.3 is 14.9 Å². The van der Waals surface area contributed by atoms with Crippen LogP contribution >= 0.6 is 0 Å². The molecule has 1 aliphatic carbocycles. The lowest BCUT2D eigenvalue weighted by Gasteiger charge is -2.15. The minimum Gasteiger partial charge on any atom is -0.345 e. The van der Waals surface area contributed by atoms with Gasteiger partial charge in [-0.05, 0) is 60.7 Å². The predicted octanol–water partition coefficient (Wildman–Crippen LogP) is 3.18. The third-order valence-electron chi connectivity index (χ3n) is 6.22. The van der Waals surface area contributed by atoms with Gasteiger partial charge >= 0.3 is 0 Å². The van der Waals surface area contributed by atoms with Crippen molar-refractivity contribution in [2.45, 2.75) is 19.3 Å². The average molecular weight is 467 g/mol. The number of aryl methyl sites for hydroxylation is 2. The summed E-state index contributed by atoms with van der Waals surface area (Å²) in [5, 5.41) is 3.42. The van der Waals surface area contributed by atoms with Crippen LogP contribution in [0.5, 0.6) is 0 Å². The maximum absolute atomic E-state index is 13.2. The molecule has 35 heavy (non-hydrogen) atoms. The highest BCUT2D eigenvalue weighted by molar-refractivity contribution is 5.96. The Bertz CT molecular complexity index is 1670. The first-order chi connectivity index (χ1) is 17.1. The molecule has 1 amide bonds. The molecular formula is C25H21N7O3. The molecule has 6 rings (SSSR count). The summed E-state index contributed by atoms with van der Waals surface area (Å²) < 4.78 is 1.75. The van der Waals surface area contributed by atoms with Crippen molar-refractivity contribution in [3.63, 3.8) is 0 Å². The molecule has 1 aliphatic rings. The van der Waals surface area contributed by atoms with Gasteiger partial charge in [0.25, 0.3) is 5.91 Å². The summed E-state index contributed by atoms with van der Waals surface area (Å²) in [6.45, 7) is 0. The molecule has 5 aromatic rings. The number of H-pyrrole nitrogens is 1. The van der Waals surface area contributed by atoms with Crippen LogP contribution in [-0.4, -0.2) is 37.5 Å². The topological polar surface area (TPSA) is 127 Å². The summed E-state index contributed by atoms with van der Waals surface area (Å²) >= 11 is 0. The Morgan fingerprint density at radius 1 is 1.11 bits per heavy atom. The van der Waals surface area contributed by atoms with Crippen LogP contribution < -0.4 is 16.2 Å². The lowest BCUT2D eigenvalue weighted by atomic mass is 10.1. The maximum Gasteiger partial charge on any atom is 0.280 e. The smallest absolute Gasteiger partial charge is 0.280 e. The van der Waals surface area contributed by atoms with Crippen molar-refractivity contribution < 1.29 is 9.63 Å². The van der Waals surface area contributed by atoms with Crippen molar-refractivity contribution in [2.24, 2.45) is 0 Å². The van der Waals surface area contributed by atoms with E-state index in [0.29, 0.717) is 11.6 Å². The number of nitrogens with zero attached hydrogens (tertiary/aromatic N) is 4. The molecule has 0 atom stereocenters. The lowest BCUT2D eigenvalue weighted by Crippen LogP contribution is -2.29. The molecule has 3 heterocycles. The second kappa shape index (κ2) is 8.33. The molecule has 0 unspecified atom stereocenters. The average Bonchev–Trinajstić information content (AvgIpc) is 3.53. The quantitative estimate of drug-likeness (QED) is 0.339. The van der Waals surface area contributed by atoms with E-state index in [2.05, 4.69) is 42.9 Å². The minimum atomic E-state index is -0.635. The molecule has 0 fully saturated rings. The van der Waals surface area contributed by atoms with Crippen LogP contribution in [0.15, 0.2) is 59.9 Å². The molecule has 0 saturated heterocycles. The molecule has 3 N–H and O–H groups in total. The Hall–Kier alpha value is -4.57. The van der Waals surface area contributed by atoms with Crippen LogP contribution in [0.1, 0.15) is 27.9 Å². The standard InChI is InChI=1S/C25H21N7O3/c1-35-31-24(34)19-12-32(17-7-5-14-3-2-4-15(14)9-17)23-18(22(19)33)11-26-25(30-23)29-16-6-8-20-21(10-16)28-13-27-20/h5-13H,2-4H2,1H3,(H,27,28)(H,31,34)(H,26,29,30). The van der Waals surface area contributed by atoms with Crippen LogP contribution in [0.25, 0.3) is 27.8 Å². The van der Waals surface area contributed by atoms with Gasteiger partial charge in [-0.15, -0.1) is 0 Å². The fourth-order valence-electron chi connectivity index (χ4n) is 4.53. The predicted molar refractivity (Wildman–Crippen MR) is 131 cm³/mol. The number of aromatic nitrogens is 5. The number of carbonyl (C=O) groups is 1. The number of hydroxylamine groups is 1. The van der Waals surface area contributed by atoms with E-state index >= 15 is 0 Å². The molecular weight excluding hydrogens is 446 g/mol. The largest absolute Gasteiger partial charge is 0.345 e. The van der Waals surface area contributed by atoms with Crippen LogP contribution in [0.4, 0.5) is 11.6 Å². The Balaban J connectivity index is 1.51. The van der Waals surface area contributed by atoms with Crippen LogP contribution in [0.3, 0.4) is 0 Å². The van der Waals surface area contributed by atoms with E-state index in [1.165, 1.54) is 30.6 Å². The summed E-state index contributed by atoms with van der Waals surface area (Å²) in [5.41, 5.74) is 7.97. The molecule has 10 nitrogen and oxygen atoms in total. The number of pyridine rings is 1. The number of benzene rings is 2. The van der Waals surface area contributed by atoms with Crippen molar-refractivity contribution in [2.75, 3.05) is 12.4 Å². The number of aromatic amines is 1. The van der Waals surface area contributed by atoms with Crippen LogP contribution in [0, 0.1) is 0 Å². The molecule has 174 valence electrons. The van der Waals surface area contributed by atoms with E-state index in [-0.39, 0.29) is 10.9 Å². The van der Waals surface area contributed by atoms with Crippen molar-refractivity contribution in [3.05, 3.63) is 82.0 Å². The van der Waals surface area contributed by atoms with E-state index in [4.69, 9.17) is 4.84 Å². The second-order valence-electron chi connectivity index (χ2n) is 8.37. The summed E-state index contributed by atoms with van der Waals surface area (Å²) in [4.78, 5) is 46.8. The fraction of sp³-hybridized carbons (Fsp3) is 0.160. The van der Waals surface area contributed by atoms with Crippen LogP contribution in [0.2, 0.25) is 0 Å². The van der Waals surface area contributed by atoms with Crippen molar-refractivity contribution in [3.8, 4) is 5.69 Å². The van der Waals surface area contributed by atoms with Gasteiger partial charge in [0.1, 0.15) is 5.56 Å². The van der Waals surface area contributed by atoms with Crippen LogP contribution in [-0.2, 0) is 17.7 Å². The highest BCUT2D eigenvalue weighted by atomic mass is 16.6. The monoisotopic (exact) mass is 467 g/mol. The molecule has 0 aliphatic heterocycles. The number of fused-ring (bicyclic) bond motifs is 3. The molecule has 2 aromatic carbocycles. The van der Waals surface area contributed by atoms with E-state index in [1.807, 2.05) is 24.3 Å². The number of nitrogens with one attached hydrogen (secondary N) is 3. The molecule has 0 saturated carbocycles. The van der Waals surface area contributed by atoms with Gasteiger partial charge in [0.05, 0.1) is 29.9 Å². The zero-order valence-electron chi connectivity index (χ0n) is 18.8. The molecule has 10 heteroatoms. The SMILES string of the molecule is CONC(=O)c1cn(-c2ccc3c(c2)CCC3)c2nc(Nc3ccc4nc[nH]c4c3)ncc2c1=O. The number of anilines is 2. The van der Waals surface area contributed by atoms with E-state index < -0.39 is 11.3 Å². The number of hydrogen-bond donors (Lipinski definition) is 3. The Morgan fingerprint density at radius 3 is 2.89 bits per heavy atom. The lowest BCUT2D eigenvalue weighted by molar-refractivity contribution is 0.0536. The number of rotatable bonds is 5. The second-order valence-corrected chi connectivity index (χ2v) is 8.37. The zero-order chi connectivity index (χ0) is 23.9. The van der Waals surface area contributed by atoms with E-state index in [1.54, 1.807) is 10.9 Å². The van der Waals surface area contributed by atoms with Crippen molar-refractivity contribution >= 4 is 39.6 Å². The minimum absolute atomic E-state index is 0.0612. The van der Waals surface area contributed by atoms with Gasteiger partial charge in [0.15, 0.2) is 5.65 Å². The Labute approximate surface area is 199 Å². The number of amides is 1. The maximum atomic E-state index is 13.2. The first kappa shape index (κ1) is 21.0. The third kappa shape index (κ3) is 3.69. The Kier molecular flexibility index (Phi) is 5.00. The van der Waals surface area contributed by atoms with Gasteiger partial charge in [-0.3, -0.25) is 14.4 Å². The molecule has 0 spiro atoms. The highest BCUT2D eigenvalue weighted by Crippen LogP contribution is 2.26. The first-order valence-corrected chi connectivity index (χ1v) is 11.2. The fourth-order valence-corrected chi connectivity index (χ4v) is 4.53. The summed E-state index contributed by atoms with van der Waals surface area (Å²) in [6, 6.07) is 11.8. The third-order valence-corrected chi connectivity index (χ3v) is 6.22. The molecule has 0 bridgehead atoms. The Morgan fingerprint density at radius 2 is 2.00 bits per heavy atom. The van der Waals surface area contributed by atoms with Crippen molar-refractivity contribution in [1.29, 1.82) is 0 Å². The van der Waals surface area contributed by atoms with Gasteiger partial charge in [-0.25, -0.2) is 15.4 Å². The van der Waals surface area contributed by atoms with Gasteiger partial charge in [0, 0.05) is 23.8 Å². The number of imidazole rings is 1. The highest BCUT2D eigenvalue weighted by Gasteiger charge is 2.19. The summed E-state index contributed by atoms with van der Waals surface area (Å²) in [5.74, 6) is -0.316. The number of hydrogen-bond acceptors (Lipinski definition) is 7. The summed E-state index contributed by atoms with van der Waals surface area (Å²) in [7, 11) is 1.32. The van der Waals surface area contributed by atoms with E-state index in [0.717, 1.165) is 41.7 Å². The summed E-state index contributed by atoms with van der Waals surface area (Å²) in [6.07, 6.45) is 7.74. The number of carbonyl (C=O) groups excluding carboxylic acids is 1. The van der Waals surface area contributed by atoms with Gasteiger partial charge in [0.2, 0.25) is 11.4 Å². The first-order valence-electron chi connectivity index (χ1n) is 11.2. The normalized spacial score (nSPS) is 12.7. The molecule has 3 aromatic heterocycles. The van der Waals surface area contributed by atoms with Gasteiger partial charge in [-0.2, -0.15) is 4.98 Å². The zero-order valence-corrected chi connectivity index (χ0v) is 18.8. The van der Waals surface area contributed by atoms with E-state index in [9.17, 15) is 9.59 Å². The van der Waals surface area contributed by atoms with Gasteiger partial charge in [-0.1, -0.05) is 6.07 Å².